The van der Waals surface area contributed by atoms with Gasteiger partial charge in [-0.1, -0.05) is 32.8 Å². The highest BCUT2D eigenvalue weighted by Crippen LogP contribution is 2.30. The number of nitrogens with one attached hydrogen (secondary N) is 1. The molecule has 6 heteroatoms. The van der Waals surface area contributed by atoms with E-state index in [-0.39, 0.29) is 0 Å². The number of nitrogens with zero attached hydrogens (tertiary/aromatic N) is 3. The molecule has 0 radical (unpaired) electrons. The summed E-state index contributed by atoms with van der Waals surface area (Å²) in [5.41, 5.74) is 3.38. The van der Waals surface area contributed by atoms with Gasteiger partial charge < -0.3 is 10.4 Å². The third kappa shape index (κ3) is 5.07. The minimum atomic E-state index is 0.521. The van der Waals surface area contributed by atoms with E-state index < -0.39 is 0 Å². The number of hydrazone groups is 1. The van der Waals surface area contributed by atoms with Crippen LogP contribution in [0.25, 0.3) is 11.0 Å². The molecule has 1 aromatic carbocycles. The van der Waals surface area contributed by atoms with E-state index in [1.165, 1.54) is 5.56 Å². The van der Waals surface area contributed by atoms with Crippen LogP contribution in [0.5, 0.6) is 0 Å². The first-order valence-electron chi connectivity index (χ1n) is 9.67. The number of fused-ring (bicyclic) bond motifs is 1. The second-order valence-electron chi connectivity index (χ2n) is 6.70. The van der Waals surface area contributed by atoms with E-state index in [0.29, 0.717) is 18.3 Å². The lowest BCUT2D eigenvalue weighted by Crippen LogP contribution is -2.06. The van der Waals surface area contributed by atoms with Gasteiger partial charge in [-0.15, -0.1) is 0 Å². The van der Waals surface area contributed by atoms with Crippen LogP contribution >= 0.6 is 0 Å². The molecule has 6 nitrogen and oxygen atoms in total. The molecule has 2 aromatic rings. The standard InChI is InChI=1S/C20H31N5O/c1-3-5-13-25-19-14-17(10-11-18(19)24-20(25)22-15-26)16(8-4-2)9-6-7-12-23-21/h10-12,14-16H,3-9,13,21H2,1-2H3,(H,22,24,26). The van der Waals surface area contributed by atoms with E-state index in [1.807, 2.05) is 0 Å². The summed E-state index contributed by atoms with van der Waals surface area (Å²) in [6.45, 7) is 5.25. The molecule has 0 aliphatic carbocycles. The minimum absolute atomic E-state index is 0.521. The lowest BCUT2D eigenvalue weighted by Gasteiger charge is -2.17. The lowest BCUT2D eigenvalue weighted by molar-refractivity contribution is -0.105. The first kappa shape index (κ1) is 19.9. The van der Waals surface area contributed by atoms with Crippen LogP contribution in [-0.2, 0) is 11.3 Å². The zero-order valence-electron chi connectivity index (χ0n) is 15.9. The van der Waals surface area contributed by atoms with Gasteiger partial charge >= 0.3 is 0 Å². The number of carbonyl (C=O) groups is 1. The molecule has 3 N–H and O–H groups in total. The molecule has 1 amide bonds. The molecule has 1 aromatic heterocycles. The monoisotopic (exact) mass is 357 g/mol. The second kappa shape index (κ2) is 10.6. The fourth-order valence-corrected chi connectivity index (χ4v) is 3.46. The number of nitrogens with two attached hydrogens (primary N) is 1. The van der Waals surface area contributed by atoms with E-state index in [1.54, 1.807) is 6.21 Å². The van der Waals surface area contributed by atoms with Gasteiger partial charge in [-0.2, -0.15) is 5.10 Å². The SMILES string of the molecule is CCCCn1c(NC=O)nc2ccc(C(CCC)CCCC=NN)cc21. The average molecular weight is 358 g/mol. The van der Waals surface area contributed by atoms with Crippen LogP contribution in [0.2, 0.25) is 0 Å². The van der Waals surface area contributed by atoms with Crippen LogP contribution in [0.1, 0.15) is 70.3 Å². The Morgan fingerprint density at radius 3 is 2.81 bits per heavy atom. The van der Waals surface area contributed by atoms with E-state index in [0.717, 1.165) is 62.5 Å². The molecule has 1 heterocycles. The van der Waals surface area contributed by atoms with Gasteiger partial charge in [-0.25, -0.2) is 4.98 Å². The van der Waals surface area contributed by atoms with Crippen molar-refractivity contribution in [1.82, 2.24) is 9.55 Å². The van der Waals surface area contributed by atoms with Gasteiger partial charge in [0.25, 0.3) is 0 Å². The molecule has 2 rings (SSSR count). The number of amides is 1. The van der Waals surface area contributed by atoms with Crippen LogP contribution in [0.3, 0.4) is 0 Å². The summed E-state index contributed by atoms with van der Waals surface area (Å²) in [6.07, 6.45) is 10.1. The normalized spacial score (nSPS) is 12.7. The Bertz CT molecular complexity index is 722. The van der Waals surface area contributed by atoms with Crippen LogP contribution < -0.4 is 11.2 Å². The minimum Gasteiger partial charge on any atom is -0.324 e. The number of hydrogen-bond acceptors (Lipinski definition) is 4. The third-order valence-corrected chi connectivity index (χ3v) is 4.80. The number of unbranched alkanes of at least 4 members (excludes halogenated alkanes) is 2. The number of rotatable bonds is 12. The van der Waals surface area contributed by atoms with E-state index in [4.69, 9.17) is 5.84 Å². The number of aryl methyl sites for hydroxylation is 1. The van der Waals surface area contributed by atoms with Crippen molar-refractivity contribution in [2.75, 3.05) is 5.32 Å². The molecule has 0 aliphatic rings. The zero-order chi connectivity index (χ0) is 18.8. The predicted molar refractivity (Wildman–Crippen MR) is 109 cm³/mol. The van der Waals surface area contributed by atoms with Gasteiger partial charge in [0, 0.05) is 12.8 Å². The predicted octanol–water partition coefficient (Wildman–Crippen LogP) is 4.40. The molecule has 1 unspecified atom stereocenters. The molecule has 0 bridgehead atoms. The van der Waals surface area contributed by atoms with E-state index in [2.05, 4.69) is 52.0 Å². The van der Waals surface area contributed by atoms with Gasteiger partial charge in [-0.3, -0.25) is 10.1 Å². The van der Waals surface area contributed by atoms with Crippen molar-refractivity contribution < 1.29 is 4.79 Å². The zero-order valence-corrected chi connectivity index (χ0v) is 15.9. The fraction of sp³-hybridized carbons (Fsp3) is 0.550. The second-order valence-corrected chi connectivity index (χ2v) is 6.70. The summed E-state index contributed by atoms with van der Waals surface area (Å²) in [7, 11) is 0. The lowest BCUT2D eigenvalue weighted by atomic mass is 9.89. The van der Waals surface area contributed by atoms with Gasteiger partial charge in [0.15, 0.2) is 0 Å². The number of aromatic nitrogens is 2. The Balaban J connectivity index is 2.32. The Morgan fingerprint density at radius 2 is 2.12 bits per heavy atom. The summed E-state index contributed by atoms with van der Waals surface area (Å²) >= 11 is 0. The maximum atomic E-state index is 10.9. The van der Waals surface area contributed by atoms with Gasteiger partial charge in [0.05, 0.1) is 11.0 Å². The Hall–Kier alpha value is -2.37. The van der Waals surface area contributed by atoms with Crippen molar-refractivity contribution in [2.45, 2.75) is 71.3 Å². The van der Waals surface area contributed by atoms with Gasteiger partial charge in [0.2, 0.25) is 12.4 Å². The van der Waals surface area contributed by atoms with Gasteiger partial charge in [0.1, 0.15) is 0 Å². The van der Waals surface area contributed by atoms with E-state index in [9.17, 15) is 4.79 Å². The largest absolute Gasteiger partial charge is 0.324 e. The number of benzene rings is 1. The molecule has 0 saturated heterocycles. The fourth-order valence-electron chi connectivity index (χ4n) is 3.46. The number of imidazole rings is 1. The van der Waals surface area contributed by atoms with Crippen LogP contribution in [0.15, 0.2) is 23.3 Å². The van der Waals surface area contributed by atoms with E-state index >= 15 is 0 Å². The highest BCUT2D eigenvalue weighted by Gasteiger charge is 2.15. The van der Waals surface area contributed by atoms with Crippen LogP contribution in [-0.4, -0.2) is 22.2 Å². The number of anilines is 1. The molecule has 1 atom stereocenters. The van der Waals surface area contributed by atoms with Crippen molar-refractivity contribution in [2.24, 2.45) is 10.9 Å². The topological polar surface area (TPSA) is 85.3 Å². The summed E-state index contributed by atoms with van der Waals surface area (Å²) in [4.78, 5) is 15.5. The van der Waals surface area contributed by atoms with Crippen molar-refractivity contribution in [3.8, 4) is 0 Å². The van der Waals surface area contributed by atoms with Crippen molar-refractivity contribution in [3.05, 3.63) is 23.8 Å². The molecular formula is C20H31N5O. The smallest absolute Gasteiger partial charge is 0.213 e. The third-order valence-electron chi connectivity index (χ3n) is 4.80. The number of hydrogen-bond donors (Lipinski definition) is 2. The molecular weight excluding hydrogens is 326 g/mol. The molecule has 0 fully saturated rings. The number of carbonyl (C=O) groups excluding carboxylic acids is 1. The van der Waals surface area contributed by atoms with Crippen LogP contribution in [0.4, 0.5) is 5.95 Å². The quantitative estimate of drug-likeness (QED) is 0.194. The summed E-state index contributed by atoms with van der Waals surface area (Å²) in [5.74, 6) is 6.34. The molecule has 0 aliphatic heterocycles. The molecule has 0 spiro atoms. The highest BCUT2D eigenvalue weighted by molar-refractivity contribution is 5.82. The average Bonchev–Trinajstić information content (AvgIpc) is 2.99. The first-order valence-corrected chi connectivity index (χ1v) is 9.67. The summed E-state index contributed by atoms with van der Waals surface area (Å²) < 4.78 is 2.13. The van der Waals surface area contributed by atoms with Crippen molar-refractivity contribution in [1.29, 1.82) is 0 Å². The summed E-state index contributed by atoms with van der Waals surface area (Å²) in [5, 5.41) is 6.32. The molecule has 26 heavy (non-hydrogen) atoms. The van der Waals surface area contributed by atoms with Crippen molar-refractivity contribution in [3.63, 3.8) is 0 Å². The maximum absolute atomic E-state index is 10.9. The Kier molecular flexibility index (Phi) is 8.12. The summed E-state index contributed by atoms with van der Waals surface area (Å²) in [6, 6.07) is 6.51. The first-order chi connectivity index (χ1) is 12.7. The van der Waals surface area contributed by atoms with Crippen LogP contribution in [0, 0.1) is 0 Å². The highest BCUT2D eigenvalue weighted by atomic mass is 16.1. The molecule has 142 valence electrons. The Labute approximate surface area is 155 Å². The van der Waals surface area contributed by atoms with Gasteiger partial charge in [-0.05, 0) is 55.7 Å². The molecule has 0 saturated carbocycles. The maximum Gasteiger partial charge on any atom is 0.213 e. The Morgan fingerprint density at radius 1 is 1.27 bits per heavy atom. The van der Waals surface area contributed by atoms with Crippen molar-refractivity contribution >= 4 is 29.6 Å².